The standard InChI is InChI=1S/C13H16N4O4/c1-21-7-6-16-13(18)4-5-15-11-3-2-10(9-14)8-12(11)17(19)20/h2-3,8,15H,4-7H2,1H3,(H,16,18). The molecule has 0 aromatic heterocycles. The summed E-state index contributed by atoms with van der Waals surface area (Å²) in [4.78, 5) is 21.8. The van der Waals surface area contributed by atoms with Crippen LogP contribution in [-0.4, -0.2) is 37.6 Å². The van der Waals surface area contributed by atoms with Gasteiger partial charge in [-0.05, 0) is 12.1 Å². The van der Waals surface area contributed by atoms with E-state index in [0.29, 0.717) is 13.2 Å². The van der Waals surface area contributed by atoms with Gasteiger partial charge in [-0.3, -0.25) is 14.9 Å². The van der Waals surface area contributed by atoms with Crippen LogP contribution in [-0.2, 0) is 9.53 Å². The number of rotatable bonds is 8. The quantitative estimate of drug-likeness (QED) is 0.420. The third-order valence-electron chi connectivity index (χ3n) is 2.62. The van der Waals surface area contributed by atoms with E-state index >= 15 is 0 Å². The topological polar surface area (TPSA) is 117 Å². The second kappa shape index (κ2) is 8.50. The number of nitriles is 1. The van der Waals surface area contributed by atoms with Crippen LogP contribution in [0.2, 0.25) is 0 Å². The van der Waals surface area contributed by atoms with E-state index in [-0.39, 0.29) is 35.8 Å². The summed E-state index contributed by atoms with van der Waals surface area (Å²) in [5.74, 6) is -0.171. The molecule has 0 saturated heterocycles. The van der Waals surface area contributed by atoms with E-state index in [9.17, 15) is 14.9 Å². The van der Waals surface area contributed by atoms with Crippen LogP contribution in [0, 0.1) is 21.4 Å². The van der Waals surface area contributed by atoms with E-state index in [1.54, 1.807) is 0 Å². The van der Waals surface area contributed by atoms with Crippen LogP contribution < -0.4 is 10.6 Å². The molecular weight excluding hydrogens is 276 g/mol. The first kappa shape index (κ1) is 16.4. The van der Waals surface area contributed by atoms with Gasteiger partial charge in [0.25, 0.3) is 5.69 Å². The Morgan fingerprint density at radius 2 is 2.24 bits per heavy atom. The zero-order chi connectivity index (χ0) is 15.7. The summed E-state index contributed by atoms with van der Waals surface area (Å²) < 4.78 is 4.80. The highest BCUT2D eigenvalue weighted by Crippen LogP contribution is 2.25. The highest BCUT2D eigenvalue weighted by atomic mass is 16.6. The van der Waals surface area contributed by atoms with Crippen LogP contribution in [0.15, 0.2) is 18.2 Å². The zero-order valence-electron chi connectivity index (χ0n) is 11.6. The zero-order valence-corrected chi connectivity index (χ0v) is 11.6. The summed E-state index contributed by atoms with van der Waals surface area (Å²) in [6.45, 7) is 1.11. The molecule has 0 aliphatic heterocycles. The van der Waals surface area contributed by atoms with Gasteiger partial charge in [0.1, 0.15) is 5.69 Å². The van der Waals surface area contributed by atoms with Crippen molar-refractivity contribution in [1.29, 1.82) is 5.26 Å². The molecule has 8 heteroatoms. The number of amides is 1. The predicted octanol–water partition coefficient (Wildman–Crippen LogP) is 1.03. The Morgan fingerprint density at radius 3 is 2.86 bits per heavy atom. The second-order valence-electron chi connectivity index (χ2n) is 4.12. The molecule has 2 N–H and O–H groups in total. The first-order valence-corrected chi connectivity index (χ1v) is 6.26. The van der Waals surface area contributed by atoms with E-state index in [0.717, 1.165) is 0 Å². The largest absolute Gasteiger partial charge is 0.383 e. The molecule has 0 heterocycles. The Bertz CT molecular complexity index is 554. The molecule has 0 saturated carbocycles. The van der Waals surface area contributed by atoms with Gasteiger partial charge in [0.15, 0.2) is 0 Å². The number of nitro benzene ring substituents is 1. The lowest BCUT2D eigenvalue weighted by Crippen LogP contribution is -2.28. The Hall–Kier alpha value is -2.66. The molecule has 1 rings (SSSR count). The maximum atomic E-state index is 11.4. The number of anilines is 1. The number of carbonyl (C=O) groups is 1. The smallest absolute Gasteiger partial charge is 0.293 e. The normalized spacial score (nSPS) is 9.71. The molecule has 112 valence electrons. The van der Waals surface area contributed by atoms with Gasteiger partial charge in [-0.25, -0.2) is 0 Å². The number of nitrogens with zero attached hydrogens (tertiary/aromatic N) is 2. The summed E-state index contributed by atoms with van der Waals surface area (Å²) in [5, 5.41) is 25.1. The van der Waals surface area contributed by atoms with Gasteiger partial charge >= 0.3 is 0 Å². The Kier molecular flexibility index (Phi) is 6.63. The minimum atomic E-state index is -0.568. The van der Waals surface area contributed by atoms with Gasteiger partial charge in [0.2, 0.25) is 5.91 Å². The lowest BCUT2D eigenvalue weighted by Gasteiger charge is -2.08. The van der Waals surface area contributed by atoms with Gasteiger partial charge in [0, 0.05) is 32.7 Å². The van der Waals surface area contributed by atoms with E-state index in [2.05, 4.69) is 10.6 Å². The van der Waals surface area contributed by atoms with E-state index < -0.39 is 4.92 Å². The summed E-state index contributed by atoms with van der Waals surface area (Å²) in [6.07, 6.45) is 0.181. The van der Waals surface area contributed by atoms with Crippen LogP contribution in [0.25, 0.3) is 0 Å². The minimum absolute atomic E-state index is 0.171. The number of hydrogen-bond donors (Lipinski definition) is 2. The molecule has 1 aromatic carbocycles. The number of carbonyl (C=O) groups excluding carboxylic acids is 1. The second-order valence-corrected chi connectivity index (χ2v) is 4.12. The van der Waals surface area contributed by atoms with Crippen molar-refractivity contribution in [3.63, 3.8) is 0 Å². The summed E-state index contributed by atoms with van der Waals surface area (Å²) in [5.41, 5.74) is 0.307. The lowest BCUT2D eigenvalue weighted by molar-refractivity contribution is -0.384. The first-order valence-electron chi connectivity index (χ1n) is 6.26. The molecular formula is C13H16N4O4. The lowest BCUT2D eigenvalue weighted by atomic mass is 10.2. The van der Waals surface area contributed by atoms with Crippen molar-refractivity contribution in [2.75, 3.05) is 32.1 Å². The SMILES string of the molecule is COCCNC(=O)CCNc1ccc(C#N)cc1[N+](=O)[O-]. The maximum Gasteiger partial charge on any atom is 0.293 e. The Morgan fingerprint density at radius 1 is 1.48 bits per heavy atom. The van der Waals surface area contributed by atoms with E-state index in [4.69, 9.17) is 10.00 Å². The molecule has 21 heavy (non-hydrogen) atoms. The molecule has 0 radical (unpaired) electrons. The van der Waals surface area contributed by atoms with Crippen LogP contribution in [0.5, 0.6) is 0 Å². The van der Waals surface area contributed by atoms with Gasteiger partial charge in [-0.1, -0.05) is 0 Å². The molecule has 8 nitrogen and oxygen atoms in total. The molecule has 0 unspecified atom stereocenters. The van der Waals surface area contributed by atoms with Crippen LogP contribution in [0.1, 0.15) is 12.0 Å². The molecule has 0 bridgehead atoms. The Labute approximate surface area is 121 Å². The molecule has 0 atom stereocenters. The van der Waals surface area contributed by atoms with Crippen LogP contribution >= 0.6 is 0 Å². The highest BCUT2D eigenvalue weighted by Gasteiger charge is 2.14. The summed E-state index contributed by atoms with van der Waals surface area (Å²) in [6, 6.07) is 5.98. The van der Waals surface area contributed by atoms with Crippen molar-refractivity contribution in [3.8, 4) is 6.07 Å². The third kappa shape index (κ3) is 5.46. The van der Waals surface area contributed by atoms with E-state index in [1.807, 2.05) is 6.07 Å². The molecule has 0 aliphatic carbocycles. The summed E-state index contributed by atoms with van der Waals surface area (Å²) in [7, 11) is 1.54. The average molecular weight is 292 g/mol. The van der Waals surface area contributed by atoms with Crippen molar-refractivity contribution >= 4 is 17.3 Å². The molecule has 0 spiro atoms. The van der Waals surface area contributed by atoms with Gasteiger partial charge in [-0.15, -0.1) is 0 Å². The highest BCUT2D eigenvalue weighted by molar-refractivity contribution is 5.76. The molecule has 1 amide bonds. The minimum Gasteiger partial charge on any atom is -0.383 e. The number of nitrogens with one attached hydrogen (secondary N) is 2. The molecule has 1 aromatic rings. The monoisotopic (exact) mass is 292 g/mol. The molecule has 0 aliphatic rings. The van der Waals surface area contributed by atoms with Crippen LogP contribution in [0.3, 0.4) is 0 Å². The average Bonchev–Trinajstić information content (AvgIpc) is 2.47. The van der Waals surface area contributed by atoms with Gasteiger partial charge in [-0.2, -0.15) is 5.26 Å². The van der Waals surface area contributed by atoms with Crippen molar-refractivity contribution < 1.29 is 14.5 Å². The third-order valence-corrected chi connectivity index (χ3v) is 2.62. The number of nitro groups is 1. The van der Waals surface area contributed by atoms with Crippen molar-refractivity contribution in [3.05, 3.63) is 33.9 Å². The van der Waals surface area contributed by atoms with Gasteiger partial charge < -0.3 is 15.4 Å². The fraction of sp³-hybridized carbons (Fsp3) is 0.385. The van der Waals surface area contributed by atoms with Crippen molar-refractivity contribution in [1.82, 2.24) is 5.32 Å². The number of benzene rings is 1. The predicted molar refractivity (Wildman–Crippen MR) is 75.8 cm³/mol. The summed E-state index contributed by atoms with van der Waals surface area (Å²) >= 11 is 0. The fourth-order valence-electron chi connectivity index (χ4n) is 1.59. The fourth-order valence-corrected chi connectivity index (χ4v) is 1.59. The van der Waals surface area contributed by atoms with Crippen LogP contribution in [0.4, 0.5) is 11.4 Å². The number of hydrogen-bond acceptors (Lipinski definition) is 6. The number of ether oxygens (including phenoxy) is 1. The van der Waals surface area contributed by atoms with Gasteiger partial charge in [0.05, 0.1) is 23.2 Å². The van der Waals surface area contributed by atoms with Crippen molar-refractivity contribution in [2.45, 2.75) is 6.42 Å². The number of methoxy groups -OCH3 is 1. The van der Waals surface area contributed by atoms with E-state index in [1.165, 1.54) is 25.3 Å². The van der Waals surface area contributed by atoms with Crippen molar-refractivity contribution in [2.24, 2.45) is 0 Å². The Balaban J connectivity index is 2.54. The molecule has 0 fully saturated rings. The first-order chi connectivity index (χ1) is 10.1. The maximum absolute atomic E-state index is 11.4.